The molecular formula is C24H28N4O3. The van der Waals surface area contributed by atoms with Crippen LogP contribution in [0.3, 0.4) is 0 Å². The van der Waals surface area contributed by atoms with Crippen LogP contribution in [0.25, 0.3) is 11.3 Å². The molecule has 0 unspecified atom stereocenters. The monoisotopic (exact) mass is 420 g/mol. The number of carbonyl (C=O) groups is 1. The zero-order valence-electron chi connectivity index (χ0n) is 17.8. The number of hydrogen-bond acceptors (Lipinski definition) is 6. The second kappa shape index (κ2) is 10.1. The van der Waals surface area contributed by atoms with E-state index in [2.05, 4.69) is 20.4 Å². The van der Waals surface area contributed by atoms with E-state index in [1.54, 1.807) is 0 Å². The Kier molecular flexibility index (Phi) is 6.84. The smallest absolute Gasteiger partial charge is 0.308 e. The lowest BCUT2D eigenvalue weighted by Crippen LogP contribution is -2.33. The molecule has 1 saturated heterocycles. The Morgan fingerprint density at radius 3 is 2.65 bits per heavy atom. The SMILES string of the molecule is CC(=O)Oc1cn[nH]c1-c1ccccc1Nc1ccc(OCCN2CCCCC2)cc1. The van der Waals surface area contributed by atoms with Gasteiger partial charge in [0.15, 0.2) is 5.75 Å². The minimum Gasteiger partial charge on any atom is -0.492 e. The molecule has 1 aliphatic rings. The Morgan fingerprint density at radius 1 is 1.10 bits per heavy atom. The molecule has 3 aromatic rings. The van der Waals surface area contributed by atoms with Gasteiger partial charge in [0.05, 0.1) is 6.20 Å². The van der Waals surface area contributed by atoms with Gasteiger partial charge in [-0.25, -0.2) is 0 Å². The number of likely N-dealkylation sites (tertiary alicyclic amines) is 1. The lowest BCUT2D eigenvalue weighted by atomic mass is 10.1. The summed E-state index contributed by atoms with van der Waals surface area (Å²) in [7, 11) is 0. The number of aromatic nitrogens is 2. The molecule has 7 heteroatoms. The van der Waals surface area contributed by atoms with Crippen molar-refractivity contribution < 1.29 is 14.3 Å². The maximum Gasteiger partial charge on any atom is 0.308 e. The van der Waals surface area contributed by atoms with Crippen LogP contribution in [0.1, 0.15) is 26.2 Å². The molecule has 1 fully saturated rings. The van der Waals surface area contributed by atoms with Crippen LogP contribution >= 0.6 is 0 Å². The molecule has 2 heterocycles. The highest BCUT2D eigenvalue weighted by Crippen LogP contribution is 2.34. The first-order valence-corrected chi connectivity index (χ1v) is 10.7. The molecule has 0 amide bonds. The number of rotatable bonds is 8. The number of carbonyl (C=O) groups excluding carboxylic acids is 1. The minimum absolute atomic E-state index is 0.385. The van der Waals surface area contributed by atoms with Crippen molar-refractivity contribution in [1.29, 1.82) is 0 Å². The molecule has 162 valence electrons. The molecule has 1 aliphatic heterocycles. The second-order valence-corrected chi connectivity index (χ2v) is 7.65. The van der Waals surface area contributed by atoms with Crippen molar-refractivity contribution in [3.05, 3.63) is 54.7 Å². The van der Waals surface area contributed by atoms with Crippen molar-refractivity contribution >= 4 is 17.3 Å². The van der Waals surface area contributed by atoms with Gasteiger partial charge in [0.25, 0.3) is 0 Å². The summed E-state index contributed by atoms with van der Waals surface area (Å²) in [6.45, 7) is 5.41. The highest BCUT2D eigenvalue weighted by molar-refractivity contribution is 5.83. The summed E-state index contributed by atoms with van der Waals surface area (Å²) in [5.74, 6) is 0.879. The molecule has 0 atom stereocenters. The third-order valence-corrected chi connectivity index (χ3v) is 5.31. The van der Waals surface area contributed by atoms with E-state index in [-0.39, 0.29) is 5.97 Å². The maximum atomic E-state index is 11.4. The number of hydrogen-bond donors (Lipinski definition) is 2. The second-order valence-electron chi connectivity index (χ2n) is 7.65. The predicted octanol–water partition coefficient (Wildman–Crippen LogP) is 4.61. The number of piperidine rings is 1. The maximum absolute atomic E-state index is 11.4. The summed E-state index contributed by atoms with van der Waals surface area (Å²) in [5, 5.41) is 10.4. The Hall–Kier alpha value is -3.32. The lowest BCUT2D eigenvalue weighted by Gasteiger charge is -2.26. The normalized spacial score (nSPS) is 14.2. The van der Waals surface area contributed by atoms with Crippen molar-refractivity contribution in [3.63, 3.8) is 0 Å². The number of aromatic amines is 1. The minimum atomic E-state index is -0.385. The van der Waals surface area contributed by atoms with E-state index in [1.165, 1.54) is 45.5 Å². The number of H-pyrrole nitrogens is 1. The van der Waals surface area contributed by atoms with Gasteiger partial charge < -0.3 is 14.8 Å². The molecule has 2 N–H and O–H groups in total. The van der Waals surface area contributed by atoms with Crippen LogP contribution in [-0.2, 0) is 4.79 Å². The first-order chi connectivity index (χ1) is 15.2. The van der Waals surface area contributed by atoms with Crippen LogP contribution in [-0.4, -0.2) is 47.3 Å². The van der Waals surface area contributed by atoms with Crippen molar-refractivity contribution in [2.24, 2.45) is 0 Å². The van der Waals surface area contributed by atoms with Crippen LogP contribution in [0, 0.1) is 0 Å². The Balaban J connectivity index is 1.39. The summed E-state index contributed by atoms with van der Waals surface area (Å²) in [5.41, 5.74) is 3.32. The number of ether oxygens (including phenoxy) is 2. The molecule has 31 heavy (non-hydrogen) atoms. The van der Waals surface area contributed by atoms with Crippen molar-refractivity contribution in [2.75, 3.05) is 31.6 Å². The Bertz CT molecular complexity index is 994. The van der Waals surface area contributed by atoms with Crippen molar-refractivity contribution in [2.45, 2.75) is 26.2 Å². The van der Waals surface area contributed by atoms with Gasteiger partial charge in [-0.05, 0) is 56.3 Å². The van der Waals surface area contributed by atoms with Gasteiger partial charge in [0, 0.05) is 30.4 Å². The standard InChI is InChI=1S/C24H28N4O3/c1-18(29)31-23-17-25-27-24(23)21-7-3-4-8-22(21)26-19-9-11-20(12-10-19)30-16-15-28-13-5-2-6-14-28/h3-4,7-12,17,26H,2,5-6,13-16H2,1H3,(H,25,27). The Labute approximate surface area is 182 Å². The highest BCUT2D eigenvalue weighted by atomic mass is 16.5. The van der Waals surface area contributed by atoms with Crippen LogP contribution in [0.4, 0.5) is 11.4 Å². The molecule has 2 aromatic carbocycles. The summed E-state index contributed by atoms with van der Waals surface area (Å²) >= 11 is 0. The molecule has 4 rings (SSSR count). The van der Waals surface area contributed by atoms with Gasteiger partial charge in [-0.1, -0.05) is 24.6 Å². The van der Waals surface area contributed by atoms with E-state index < -0.39 is 0 Å². The third kappa shape index (κ3) is 5.64. The third-order valence-electron chi connectivity index (χ3n) is 5.31. The summed E-state index contributed by atoms with van der Waals surface area (Å²) in [4.78, 5) is 13.8. The lowest BCUT2D eigenvalue weighted by molar-refractivity contribution is -0.131. The largest absolute Gasteiger partial charge is 0.492 e. The van der Waals surface area contributed by atoms with Crippen molar-refractivity contribution in [3.8, 4) is 22.8 Å². The van der Waals surface area contributed by atoms with Gasteiger partial charge >= 0.3 is 5.97 Å². The number of anilines is 2. The van der Waals surface area contributed by atoms with E-state index in [9.17, 15) is 4.79 Å². The van der Waals surface area contributed by atoms with Gasteiger partial charge in [0.2, 0.25) is 0 Å². The molecule has 0 radical (unpaired) electrons. The van der Waals surface area contributed by atoms with E-state index >= 15 is 0 Å². The number of benzene rings is 2. The summed E-state index contributed by atoms with van der Waals surface area (Å²) < 4.78 is 11.2. The number of para-hydroxylation sites is 1. The van der Waals surface area contributed by atoms with Gasteiger partial charge in [0.1, 0.15) is 18.1 Å². The van der Waals surface area contributed by atoms with Crippen molar-refractivity contribution in [1.82, 2.24) is 15.1 Å². The molecule has 0 spiro atoms. The zero-order valence-corrected chi connectivity index (χ0v) is 17.8. The van der Waals surface area contributed by atoms with E-state index in [1.807, 2.05) is 48.5 Å². The molecule has 0 bridgehead atoms. The predicted molar refractivity (Wildman–Crippen MR) is 121 cm³/mol. The average Bonchev–Trinajstić information content (AvgIpc) is 3.23. The van der Waals surface area contributed by atoms with Crippen LogP contribution in [0.15, 0.2) is 54.7 Å². The summed E-state index contributed by atoms with van der Waals surface area (Å²) in [6, 6.07) is 15.7. The van der Waals surface area contributed by atoms with Crippen LogP contribution < -0.4 is 14.8 Å². The highest BCUT2D eigenvalue weighted by Gasteiger charge is 2.14. The fourth-order valence-electron chi connectivity index (χ4n) is 3.78. The summed E-state index contributed by atoms with van der Waals surface area (Å²) in [6.07, 6.45) is 5.44. The molecular weight excluding hydrogens is 392 g/mol. The van der Waals surface area contributed by atoms with E-state index in [0.29, 0.717) is 18.1 Å². The topological polar surface area (TPSA) is 79.5 Å². The fraction of sp³-hybridized carbons (Fsp3) is 0.333. The van der Waals surface area contributed by atoms with Crippen LogP contribution in [0.5, 0.6) is 11.5 Å². The molecule has 0 saturated carbocycles. The Morgan fingerprint density at radius 2 is 1.87 bits per heavy atom. The number of nitrogens with one attached hydrogen (secondary N) is 2. The molecule has 0 aliphatic carbocycles. The van der Waals surface area contributed by atoms with Gasteiger partial charge in [-0.15, -0.1) is 0 Å². The van der Waals surface area contributed by atoms with Crippen LogP contribution in [0.2, 0.25) is 0 Å². The average molecular weight is 421 g/mol. The van der Waals surface area contributed by atoms with E-state index in [4.69, 9.17) is 9.47 Å². The van der Waals surface area contributed by atoms with E-state index in [0.717, 1.165) is 29.2 Å². The molecule has 7 nitrogen and oxygen atoms in total. The first kappa shape index (κ1) is 20.9. The fourth-order valence-corrected chi connectivity index (χ4v) is 3.78. The first-order valence-electron chi connectivity index (χ1n) is 10.7. The number of nitrogens with zero attached hydrogens (tertiary/aromatic N) is 2. The zero-order chi connectivity index (χ0) is 21.5. The number of esters is 1. The van der Waals surface area contributed by atoms with Gasteiger partial charge in [-0.3, -0.25) is 14.8 Å². The quantitative estimate of drug-likeness (QED) is 0.518. The molecule has 1 aromatic heterocycles. The van der Waals surface area contributed by atoms with Gasteiger partial charge in [-0.2, -0.15) is 5.10 Å².